The minimum Gasteiger partial charge on any atom is -0.377 e. The number of ether oxygens (including phenoxy) is 2. The molecule has 3 atom stereocenters. The van der Waals surface area contributed by atoms with Crippen LogP contribution in [0.15, 0.2) is 0 Å². The first-order valence-corrected chi connectivity index (χ1v) is 8.58. The number of hydrogen-bond donors (Lipinski definition) is 1. The topological polar surface area (TPSA) is 50.8 Å². The molecule has 0 aromatic rings. The predicted molar refractivity (Wildman–Crippen MR) is 80.3 cm³/mol. The third-order valence-electron chi connectivity index (χ3n) is 5.10. The van der Waals surface area contributed by atoms with Crippen LogP contribution in [0.4, 0.5) is 4.79 Å². The molecule has 2 heterocycles. The molecule has 0 unspecified atom stereocenters. The zero-order valence-electron chi connectivity index (χ0n) is 12.9. The van der Waals surface area contributed by atoms with Gasteiger partial charge in [-0.05, 0) is 44.4 Å². The molecule has 3 fully saturated rings. The third kappa shape index (κ3) is 3.89. The first kappa shape index (κ1) is 15.1. The SMILES string of the molecule is O=C(NCCOC[C@@H]1CCCO1)N1CCC[C@H]2CCC[C@@H]21. The number of likely N-dealkylation sites (tertiary alicyclic amines) is 1. The van der Waals surface area contributed by atoms with Gasteiger partial charge in [-0.1, -0.05) is 6.42 Å². The molecule has 1 aliphatic carbocycles. The number of nitrogens with zero attached hydrogens (tertiary/aromatic N) is 1. The molecule has 2 saturated heterocycles. The van der Waals surface area contributed by atoms with Crippen molar-refractivity contribution in [3.05, 3.63) is 0 Å². The van der Waals surface area contributed by atoms with E-state index < -0.39 is 0 Å². The zero-order valence-corrected chi connectivity index (χ0v) is 12.9. The van der Waals surface area contributed by atoms with Gasteiger partial charge < -0.3 is 19.7 Å². The van der Waals surface area contributed by atoms with E-state index in [9.17, 15) is 4.79 Å². The molecule has 0 radical (unpaired) electrons. The lowest BCUT2D eigenvalue weighted by molar-refractivity contribution is 0.0183. The second-order valence-corrected chi connectivity index (χ2v) is 6.54. The summed E-state index contributed by atoms with van der Waals surface area (Å²) in [5, 5.41) is 3.01. The van der Waals surface area contributed by atoms with Crippen LogP contribution in [-0.2, 0) is 9.47 Å². The Kier molecular flexibility index (Phi) is 5.36. The monoisotopic (exact) mass is 296 g/mol. The second-order valence-electron chi connectivity index (χ2n) is 6.54. The van der Waals surface area contributed by atoms with Crippen LogP contribution in [0.5, 0.6) is 0 Å². The molecule has 5 nitrogen and oxygen atoms in total. The van der Waals surface area contributed by atoms with E-state index >= 15 is 0 Å². The fourth-order valence-corrected chi connectivity index (χ4v) is 4.03. The second kappa shape index (κ2) is 7.45. The minimum atomic E-state index is 0.104. The zero-order chi connectivity index (χ0) is 14.5. The highest BCUT2D eigenvalue weighted by Crippen LogP contribution is 2.36. The number of carbonyl (C=O) groups excluding carboxylic acids is 1. The Labute approximate surface area is 127 Å². The van der Waals surface area contributed by atoms with Crippen molar-refractivity contribution in [2.45, 2.75) is 57.1 Å². The largest absolute Gasteiger partial charge is 0.377 e. The molecule has 0 aromatic heterocycles. The number of nitrogens with one attached hydrogen (secondary N) is 1. The highest BCUT2D eigenvalue weighted by molar-refractivity contribution is 5.74. The van der Waals surface area contributed by atoms with E-state index in [0.717, 1.165) is 38.3 Å². The van der Waals surface area contributed by atoms with Crippen molar-refractivity contribution in [1.29, 1.82) is 0 Å². The van der Waals surface area contributed by atoms with Gasteiger partial charge in [0.25, 0.3) is 0 Å². The Morgan fingerprint density at radius 1 is 1.19 bits per heavy atom. The molecule has 0 aromatic carbocycles. The van der Waals surface area contributed by atoms with Crippen LogP contribution in [0.2, 0.25) is 0 Å². The maximum atomic E-state index is 12.3. The molecule has 3 aliphatic rings. The molecule has 1 N–H and O–H groups in total. The Bertz CT molecular complexity index is 344. The summed E-state index contributed by atoms with van der Waals surface area (Å²) >= 11 is 0. The van der Waals surface area contributed by atoms with Crippen LogP contribution >= 0.6 is 0 Å². The Morgan fingerprint density at radius 2 is 2.10 bits per heavy atom. The average molecular weight is 296 g/mol. The fourth-order valence-electron chi connectivity index (χ4n) is 4.03. The normalized spacial score (nSPS) is 32.2. The van der Waals surface area contributed by atoms with Gasteiger partial charge in [-0.15, -0.1) is 0 Å². The van der Waals surface area contributed by atoms with Gasteiger partial charge in [-0.2, -0.15) is 0 Å². The van der Waals surface area contributed by atoms with E-state index in [1.807, 2.05) is 0 Å². The number of amides is 2. The molecule has 21 heavy (non-hydrogen) atoms. The van der Waals surface area contributed by atoms with Crippen LogP contribution in [0.25, 0.3) is 0 Å². The van der Waals surface area contributed by atoms with E-state index in [4.69, 9.17) is 9.47 Å². The first-order valence-electron chi connectivity index (χ1n) is 8.58. The smallest absolute Gasteiger partial charge is 0.317 e. The lowest BCUT2D eigenvalue weighted by Gasteiger charge is -2.37. The molecule has 0 bridgehead atoms. The van der Waals surface area contributed by atoms with Crippen molar-refractivity contribution < 1.29 is 14.3 Å². The number of fused-ring (bicyclic) bond motifs is 1. The highest BCUT2D eigenvalue weighted by Gasteiger charge is 2.37. The molecular weight excluding hydrogens is 268 g/mol. The fraction of sp³-hybridized carbons (Fsp3) is 0.938. The lowest BCUT2D eigenvalue weighted by Crippen LogP contribution is -2.51. The minimum absolute atomic E-state index is 0.104. The lowest BCUT2D eigenvalue weighted by atomic mass is 9.92. The van der Waals surface area contributed by atoms with Gasteiger partial charge in [0.15, 0.2) is 0 Å². The first-order chi connectivity index (χ1) is 10.3. The van der Waals surface area contributed by atoms with E-state index in [2.05, 4.69) is 10.2 Å². The molecule has 1 saturated carbocycles. The molecule has 3 rings (SSSR count). The number of rotatable bonds is 5. The van der Waals surface area contributed by atoms with Crippen molar-refractivity contribution in [3.8, 4) is 0 Å². The van der Waals surface area contributed by atoms with Gasteiger partial charge in [-0.3, -0.25) is 0 Å². The quantitative estimate of drug-likeness (QED) is 0.791. The Hall–Kier alpha value is -0.810. The summed E-state index contributed by atoms with van der Waals surface area (Å²) in [5.41, 5.74) is 0. The van der Waals surface area contributed by atoms with Crippen molar-refractivity contribution in [3.63, 3.8) is 0 Å². The van der Waals surface area contributed by atoms with Crippen molar-refractivity contribution >= 4 is 6.03 Å². The van der Waals surface area contributed by atoms with Gasteiger partial charge in [0.2, 0.25) is 0 Å². The van der Waals surface area contributed by atoms with E-state index in [1.54, 1.807) is 0 Å². The van der Waals surface area contributed by atoms with E-state index in [-0.39, 0.29) is 12.1 Å². The molecular formula is C16H28N2O3. The van der Waals surface area contributed by atoms with Gasteiger partial charge in [0.1, 0.15) is 0 Å². The van der Waals surface area contributed by atoms with Gasteiger partial charge >= 0.3 is 6.03 Å². The summed E-state index contributed by atoms with van der Waals surface area (Å²) in [7, 11) is 0. The van der Waals surface area contributed by atoms with Crippen LogP contribution in [0.3, 0.4) is 0 Å². The maximum Gasteiger partial charge on any atom is 0.317 e. The van der Waals surface area contributed by atoms with Crippen molar-refractivity contribution in [2.24, 2.45) is 5.92 Å². The van der Waals surface area contributed by atoms with Crippen molar-refractivity contribution in [2.75, 3.05) is 32.9 Å². The van der Waals surface area contributed by atoms with E-state index in [1.165, 1.54) is 25.7 Å². The summed E-state index contributed by atoms with van der Waals surface area (Å²) in [5.74, 6) is 0.750. The Morgan fingerprint density at radius 3 is 2.95 bits per heavy atom. The molecule has 120 valence electrons. The summed E-state index contributed by atoms with van der Waals surface area (Å²) in [4.78, 5) is 14.4. The number of urea groups is 1. The maximum absolute atomic E-state index is 12.3. The van der Waals surface area contributed by atoms with Gasteiger partial charge in [0.05, 0.1) is 19.3 Å². The Balaban J connectivity index is 1.32. The van der Waals surface area contributed by atoms with Crippen molar-refractivity contribution in [1.82, 2.24) is 10.2 Å². The standard InChI is InChI=1S/C16H28N2O3/c19-16(17-8-11-20-12-14-6-3-10-21-14)18-9-2-5-13-4-1-7-15(13)18/h13-15H,1-12H2,(H,17,19)/t13-,14+,15+/m1/s1. The van der Waals surface area contributed by atoms with Crippen LogP contribution < -0.4 is 5.32 Å². The van der Waals surface area contributed by atoms with E-state index in [0.29, 0.717) is 25.8 Å². The number of hydrogen-bond acceptors (Lipinski definition) is 3. The molecule has 2 amide bonds. The van der Waals surface area contributed by atoms with Gasteiger partial charge in [-0.25, -0.2) is 4.79 Å². The average Bonchev–Trinajstić information content (AvgIpc) is 3.17. The summed E-state index contributed by atoms with van der Waals surface area (Å²) in [6.07, 6.45) is 8.74. The predicted octanol–water partition coefficient (Wildman–Crippen LogP) is 2.16. The summed E-state index contributed by atoms with van der Waals surface area (Å²) in [6.45, 7) is 3.61. The van der Waals surface area contributed by atoms with Crippen LogP contribution in [0.1, 0.15) is 44.9 Å². The number of carbonyl (C=O) groups is 1. The molecule has 5 heteroatoms. The third-order valence-corrected chi connectivity index (χ3v) is 5.10. The molecule has 2 aliphatic heterocycles. The van der Waals surface area contributed by atoms with Crippen LogP contribution in [-0.4, -0.2) is 56.0 Å². The summed E-state index contributed by atoms with van der Waals surface area (Å²) < 4.78 is 11.1. The molecule has 0 spiro atoms. The highest BCUT2D eigenvalue weighted by atomic mass is 16.5. The van der Waals surface area contributed by atoms with Gasteiger partial charge in [0, 0.05) is 25.7 Å². The van der Waals surface area contributed by atoms with Crippen LogP contribution in [0, 0.1) is 5.92 Å². The summed E-state index contributed by atoms with van der Waals surface area (Å²) in [6, 6.07) is 0.596. The number of piperidine rings is 1.